The molecule has 1 aliphatic carbocycles. The number of fused-ring (bicyclic) bond motifs is 2. The number of carbonyl (C=O) groups excluding carboxylic acids is 1. The summed E-state index contributed by atoms with van der Waals surface area (Å²) in [5.74, 6) is -0.149. The van der Waals surface area contributed by atoms with Gasteiger partial charge >= 0.3 is 5.76 Å². The average molecular weight is 577 g/mol. The summed E-state index contributed by atoms with van der Waals surface area (Å²) < 4.78 is 35.2. The highest BCUT2D eigenvalue weighted by Crippen LogP contribution is 2.37. The van der Waals surface area contributed by atoms with Crippen molar-refractivity contribution < 1.29 is 17.6 Å². The predicted octanol–water partition coefficient (Wildman–Crippen LogP) is 3.24. The first-order valence-electron chi connectivity index (χ1n) is 13.1. The first kappa shape index (κ1) is 27.4. The molecule has 210 valence electrons. The van der Waals surface area contributed by atoms with Gasteiger partial charge in [0.15, 0.2) is 5.58 Å². The fourth-order valence-electron chi connectivity index (χ4n) is 5.71. The Hall–Kier alpha value is -3.12. The second kappa shape index (κ2) is 10.5. The van der Waals surface area contributed by atoms with Gasteiger partial charge in [0.2, 0.25) is 11.9 Å². The number of carbonyl (C=O) groups is 1. The molecule has 0 radical (unpaired) electrons. The number of hydrogen-bond donors (Lipinski definition) is 2. The highest BCUT2D eigenvalue weighted by molar-refractivity contribution is 7.92. The molecule has 3 heterocycles. The van der Waals surface area contributed by atoms with Crippen molar-refractivity contribution in [3.63, 3.8) is 0 Å². The first-order chi connectivity index (χ1) is 18.5. The first-order valence-corrected chi connectivity index (χ1v) is 15.0. The Morgan fingerprint density at radius 1 is 1.18 bits per heavy atom. The van der Waals surface area contributed by atoms with E-state index >= 15 is 0 Å². The molecular formula is C26H33ClN6O5S. The number of sulfonamides is 1. The molecule has 2 fully saturated rings. The van der Waals surface area contributed by atoms with Crippen LogP contribution in [0.4, 0.5) is 11.8 Å². The Labute approximate surface area is 232 Å². The maximum absolute atomic E-state index is 13.7. The molecule has 39 heavy (non-hydrogen) atoms. The van der Waals surface area contributed by atoms with Gasteiger partial charge in [-0.25, -0.2) is 22.5 Å². The van der Waals surface area contributed by atoms with E-state index in [1.165, 1.54) is 33.3 Å². The van der Waals surface area contributed by atoms with Crippen LogP contribution in [-0.2, 0) is 21.9 Å². The van der Waals surface area contributed by atoms with Crippen molar-refractivity contribution in [2.45, 2.75) is 74.9 Å². The minimum absolute atomic E-state index is 0.00485. The molecule has 1 saturated carbocycles. The molecule has 2 N–H and O–H groups in total. The fourth-order valence-corrected chi connectivity index (χ4v) is 7.69. The van der Waals surface area contributed by atoms with Crippen LogP contribution < -0.4 is 20.7 Å². The van der Waals surface area contributed by atoms with Gasteiger partial charge in [0.25, 0.3) is 10.0 Å². The Kier molecular flexibility index (Phi) is 7.36. The molecule has 1 amide bonds. The van der Waals surface area contributed by atoms with Gasteiger partial charge in [-0.05, 0) is 64.5 Å². The zero-order valence-electron chi connectivity index (χ0n) is 22.3. The van der Waals surface area contributed by atoms with Crippen LogP contribution in [-0.4, -0.2) is 52.4 Å². The van der Waals surface area contributed by atoms with Gasteiger partial charge in [-0.1, -0.05) is 0 Å². The summed E-state index contributed by atoms with van der Waals surface area (Å²) in [6.45, 7) is 5.39. The number of halogens is 1. The molecule has 2 aliphatic rings. The number of anilines is 2. The SMILES string of the molecule is CC(C)N(c1ccnc(N[C@@H](C)C2CC3CC(Cl)CCC3NC2=O)n1)S(=O)(=O)c1ccc2c(c1)oc(=O)n2C. The molecule has 1 aromatic carbocycles. The minimum Gasteiger partial charge on any atom is -0.408 e. The highest BCUT2D eigenvalue weighted by atomic mass is 35.5. The third kappa shape index (κ3) is 5.23. The van der Waals surface area contributed by atoms with Crippen LogP contribution in [0.2, 0.25) is 0 Å². The summed E-state index contributed by atoms with van der Waals surface area (Å²) in [5.41, 5.74) is 0.669. The smallest absolute Gasteiger partial charge is 0.408 e. The zero-order chi connectivity index (χ0) is 28.1. The second-order valence-electron chi connectivity index (χ2n) is 10.8. The van der Waals surface area contributed by atoms with Crippen LogP contribution in [0.3, 0.4) is 0 Å². The Morgan fingerprint density at radius 2 is 1.95 bits per heavy atom. The molecule has 0 spiro atoms. The number of piperidine rings is 1. The van der Waals surface area contributed by atoms with Gasteiger partial charge in [0, 0.05) is 48.9 Å². The number of alkyl halides is 1. The number of amides is 1. The van der Waals surface area contributed by atoms with Crippen molar-refractivity contribution >= 4 is 50.4 Å². The van der Waals surface area contributed by atoms with Crippen LogP contribution in [0, 0.1) is 11.8 Å². The fraction of sp³-hybridized carbons (Fsp3) is 0.538. The van der Waals surface area contributed by atoms with E-state index in [1.807, 2.05) is 6.92 Å². The van der Waals surface area contributed by atoms with Crippen LogP contribution >= 0.6 is 11.6 Å². The predicted molar refractivity (Wildman–Crippen MR) is 148 cm³/mol. The molecule has 1 saturated heterocycles. The van der Waals surface area contributed by atoms with E-state index in [1.54, 1.807) is 27.0 Å². The molecule has 3 aromatic rings. The van der Waals surface area contributed by atoms with E-state index in [2.05, 4.69) is 20.6 Å². The van der Waals surface area contributed by atoms with Crippen molar-refractivity contribution in [2.24, 2.45) is 18.9 Å². The van der Waals surface area contributed by atoms with Crippen LogP contribution in [0.15, 0.2) is 44.6 Å². The van der Waals surface area contributed by atoms with E-state index in [0.717, 1.165) is 25.7 Å². The van der Waals surface area contributed by atoms with Gasteiger partial charge in [0.1, 0.15) is 5.82 Å². The van der Waals surface area contributed by atoms with Crippen LogP contribution in [0.1, 0.15) is 46.5 Å². The van der Waals surface area contributed by atoms with E-state index in [-0.39, 0.29) is 51.5 Å². The number of benzene rings is 1. The monoisotopic (exact) mass is 576 g/mol. The Bertz CT molecular complexity index is 1550. The van der Waals surface area contributed by atoms with E-state index in [4.69, 9.17) is 16.0 Å². The molecule has 4 unspecified atom stereocenters. The number of hydrogen-bond acceptors (Lipinski definition) is 8. The molecule has 2 aromatic heterocycles. The number of aryl methyl sites for hydroxylation is 1. The van der Waals surface area contributed by atoms with Gasteiger partial charge in [-0.2, -0.15) is 4.98 Å². The third-order valence-electron chi connectivity index (χ3n) is 7.76. The quantitative estimate of drug-likeness (QED) is 0.409. The van der Waals surface area contributed by atoms with Gasteiger partial charge in [-0.15, -0.1) is 11.6 Å². The molecule has 13 heteroatoms. The number of oxazole rings is 1. The Balaban J connectivity index is 1.39. The topological polar surface area (TPSA) is 139 Å². The lowest BCUT2D eigenvalue weighted by Gasteiger charge is -2.42. The van der Waals surface area contributed by atoms with Crippen molar-refractivity contribution in [1.82, 2.24) is 19.9 Å². The lowest BCUT2D eigenvalue weighted by molar-refractivity contribution is -0.130. The summed E-state index contributed by atoms with van der Waals surface area (Å²) in [7, 11) is -2.52. The second-order valence-corrected chi connectivity index (χ2v) is 13.2. The summed E-state index contributed by atoms with van der Waals surface area (Å²) in [4.78, 5) is 33.6. The van der Waals surface area contributed by atoms with Crippen molar-refractivity contribution in [3.05, 3.63) is 41.0 Å². The average Bonchev–Trinajstić information content (AvgIpc) is 3.16. The third-order valence-corrected chi connectivity index (χ3v) is 10.1. The van der Waals surface area contributed by atoms with Crippen LogP contribution in [0.5, 0.6) is 0 Å². The maximum atomic E-state index is 13.7. The molecule has 5 rings (SSSR count). The molecule has 11 nitrogen and oxygen atoms in total. The molecular weight excluding hydrogens is 544 g/mol. The largest absolute Gasteiger partial charge is 0.419 e. The minimum atomic E-state index is -4.07. The lowest BCUT2D eigenvalue weighted by atomic mass is 9.74. The summed E-state index contributed by atoms with van der Waals surface area (Å²) in [6.07, 6.45) is 4.88. The molecule has 0 bridgehead atoms. The van der Waals surface area contributed by atoms with Gasteiger partial charge in [0.05, 0.1) is 16.3 Å². The molecule has 1 aliphatic heterocycles. The number of aromatic nitrogens is 3. The van der Waals surface area contributed by atoms with Crippen molar-refractivity contribution in [3.8, 4) is 0 Å². The van der Waals surface area contributed by atoms with E-state index < -0.39 is 21.8 Å². The lowest BCUT2D eigenvalue weighted by Crippen LogP contribution is -2.55. The summed E-state index contributed by atoms with van der Waals surface area (Å²) in [6, 6.07) is 5.25. The van der Waals surface area contributed by atoms with E-state index in [0.29, 0.717) is 11.4 Å². The highest BCUT2D eigenvalue weighted by Gasteiger charge is 2.41. The Morgan fingerprint density at radius 3 is 2.69 bits per heavy atom. The van der Waals surface area contributed by atoms with Crippen molar-refractivity contribution in [1.29, 1.82) is 0 Å². The number of rotatable bonds is 7. The van der Waals surface area contributed by atoms with Gasteiger partial charge < -0.3 is 15.1 Å². The molecule has 5 atom stereocenters. The standard InChI is InChI=1S/C26H33ClN6O5S/c1-14(2)33(39(36,37)18-6-8-21-22(13-18)38-26(35)32(21)4)23-9-10-28-25(31-23)29-15(3)19-12-16-11-17(27)5-7-20(16)30-24(19)34/h6,8-10,13-17,19-20H,5,7,11-12H2,1-4H3,(H,30,34)(H,28,29,31)/t15-,16?,17?,19?,20?/m0/s1. The van der Waals surface area contributed by atoms with Gasteiger partial charge in [-0.3, -0.25) is 9.36 Å². The number of nitrogens with zero attached hydrogens (tertiary/aromatic N) is 4. The summed E-state index contributed by atoms with van der Waals surface area (Å²) >= 11 is 6.40. The summed E-state index contributed by atoms with van der Waals surface area (Å²) in [5, 5.41) is 6.51. The normalized spacial score (nSPS) is 24.3. The van der Waals surface area contributed by atoms with Crippen molar-refractivity contribution in [2.75, 3.05) is 9.62 Å². The number of nitrogens with one attached hydrogen (secondary N) is 2. The zero-order valence-corrected chi connectivity index (χ0v) is 23.9. The van der Waals surface area contributed by atoms with Crippen LogP contribution in [0.25, 0.3) is 11.1 Å². The van der Waals surface area contributed by atoms with E-state index in [9.17, 15) is 18.0 Å². The maximum Gasteiger partial charge on any atom is 0.419 e.